The fraction of sp³-hybridized carbons (Fsp3) is 0.417. The number of hydrogen-bond donors (Lipinski definition) is 2. The maximum Gasteiger partial charge on any atom is 0.293 e. The van der Waals surface area contributed by atoms with Gasteiger partial charge in [-0.1, -0.05) is 0 Å². The Labute approximate surface area is 106 Å². The summed E-state index contributed by atoms with van der Waals surface area (Å²) in [5.74, 6) is -0.200. The molecule has 0 fully saturated rings. The van der Waals surface area contributed by atoms with Crippen LogP contribution in [0.25, 0.3) is 0 Å². The summed E-state index contributed by atoms with van der Waals surface area (Å²) >= 11 is 0. The molecule has 6 heteroatoms. The van der Waals surface area contributed by atoms with Crippen LogP contribution in [-0.2, 0) is 15.3 Å². The predicted octanol–water partition coefficient (Wildman–Crippen LogP) is 0.399. The van der Waals surface area contributed by atoms with Gasteiger partial charge in [0, 0.05) is 24.6 Å². The number of rotatable bonds is 3. The minimum atomic E-state index is -0.984. The van der Waals surface area contributed by atoms with Gasteiger partial charge in [-0.25, -0.2) is 5.06 Å². The van der Waals surface area contributed by atoms with E-state index in [1.165, 1.54) is 12.2 Å². The third-order valence-electron chi connectivity index (χ3n) is 3.18. The lowest BCUT2D eigenvalue weighted by Crippen LogP contribution is -2.57. The summed E-state index contributed by atoms with van der Waals surface area (Å²) in [6, 6.07) is 3.95. The molecule has 1 unspecified atom stereocenters. The van der Waals surface area contributed by atoms with Crippen molar-refractivity contribution in [2.24, 2.45) is 0 Å². The highest BCUT2D eigenvalue weighted by atomic mass is 16.7. The van der Waals surface area contributed by atoms with E-state index < -0.39 is 5.66 Å². The quantitative estimate of drug-likeness (QED) is 0.762. The molecule has 2 rings (SSSR count). The SMILES string of the molecule is CON(C)C(=O)C1(n2c(C)ccc2C)C=CNN1. The minimum absolute atomic E-state index is 0.200. The molecule has 2 heterocycles. The third kappa shape index (κ3) is 1.70. The molecule has 1 amide bonds. The van der Waals surface area contributed by atoms with E-state index in [4.69, 9.17) is 4.84 Å². The molecule has 98 valence electrons. The Hall–Kier alpha value is -1.79. The zero-order chi connectivity index (χ0) is 13.3. The Bertz CT molecular complexity index is 475. The van der Waals surface area contributed by atoms with Crippen molar-refractivity contribution in [1.82, 2.24) is 20.5 Å². The average Bonchev–Trinajstić information content (AvgIpc) is 2.95. The topological polar surface area (TPSA) is 58.5 Å². The molecule has 6 nitrogen and oxygen atoms in total. The van der Waals surface area contributed by atoms with E-state index in [-0.39, 0.29) is 5.91 Å². The van der Waals surface area contributed by atoms with E-state index in [1.807, 2.05) is 30.5 Å². The van der Waals surface area contributed by atoms with Gasteiger partial charge in [0.05, 0.1) is 7.11 Å². The van der Waals surface area contributed by atoms with Crippen molar-refractivity contribution in [3.8, 4) is 0 Å². The normalized spacial score (nSPS) is 22.0. The van der Waals surface area contributed by atoms with Gasteiger partial charge < -0.3 is 9.99 Å². The first-order valence-electron chi connectivity index (χ1n) is 5.71. The number of aromatic nitrogens is 1. The van der Waals surface area contributed by atoms with E-state index in [9.17, 15) is 4.79 Å². The molecule has 1 atom stereocenters. The van der Waals surface area contributed by atoms with Crippen LogP contribution in [-0.4, -0.2) is 29.7 Å². The van der Waals surface area contributed by atoms with Gasteiger partial charge in [0.25, 0.3) is 5.91 Å². The van der Waals surface area contributed by atoms with Gasteiger partial charge in [0.15, 0.2) is 0 Å². The zero-order valence-electron chi connectivity index (χ0n) is 11.0. The Morgan fingerprint density at radius 3 is 2.44 bits per heavy atom. The fourth-order valence-corrected chi connectivity index (χ4v) is 2.25. The smallest absolute Gasteiger partial charge is 0.293 e. The van der Waals surface area contributed by atoms with Crippen molar-refractivity contribution < 1.29 is 9.63 Å². The van der Waals surface area contributed by atoms with E-state index >= 15 is 0 Å². The average molecular weight is 250 g/mol. The number of carbonyl (C=O) groups excluding carboxylic acids is 1. The van der Waals surface area contributed by atoms with Gasteiger partial charge >= 0.3 is 0 Å². The molecule has 0 bridgehead atoms. The van der Waals surface area contributed by atoms with Crippen molar-refractivity contribution in [3.63, 3.8) is 0 Å². The monoisotopic (exact) mass is 250 g/mol. The molecule has 0 spiro atoms. The molecule has 18 heavy (non-hydrogen) atoms. The molecular formula is C12H18N4O2. The second-order valence-electron chi connectivity index (χ2n) is 4.31. The maximum atomic E-state index is 12.5. The second-order valence-corrected chi connectivity index (χ2v) is 4.31. The molecule has 0 saturated carbocycles. The molecule has 1 aromatic rings. The van der Waals surface area contributed by atoms with Gasteiger partial charge in [-0.2, -0.15) is 5.43 Å². The Morgan fingerprint density at radius 2 is 2.00 bits per heavy atom. The second kappa shape index (κ2) is 4.47. The Morgan fingerprint density at radius 1 is 1.39 bits per heavy atom. The molecule has 2 N–H and O–H groups in total. The largest absolute Gasteiger partial charge is 0.326 e. The lowest BCUT2D eigenvalue weighted by Gasteiger charge is -2.33. The highest BCUT2D eigenvalue weighted by Crippen LogP contribution is 2.25. The van der Waals surface area contributed by atoms with Crippen LogP contribution in [0.3, 0.4) is 0 Å². The number of hydrogen-bond acceptors (Lipinski definition) is 4. The lowest BCUT2D eigenvalue weighted by molar-refractivity contribution is -0.178. The van der Waals surface area contributed by atoms with Crippen LogP contribution in [0.1, 0.15) is 11.4 Å². The summed E-state index contributed by atoms with van der Waals surface area (Å²) in [6.45, 7) is 3.92. The van der Waals surface area contributed by atoms with Crippen LogP contribution in [0.2, 0.25) is 0 Å². The molecule has 1 aromatic heterocycles. The van der Waals surface area contributed by atoms with Crippen LogP contribution in [0, 0.1) is 13.8 Å². The molecule has 1 aliphatic heterocycles. The van der Waals surface area contributed by atoms with E-state index in [1.54, 1.807) is 19.3 Å². The first-order valence-corrected chi connectivity index (χ1v) is 5.71. The number of hydroxylamine groups is 2. The van der Waals surface area contributed by atoms with Crippen molar-refractivity contribution in [3.05, 3.63) is 35.8 Å². The van der Waals surface area contributed by atoms with Gasteiger partial charge in [-0.3, -0.25) is 9.63 Å². The van der Waals surface area contributed by atoms with Crippen LogP contribution in [0.5, 0.6) is 0 Å². The number of nitrogens with zero attached hydrogens (tertiary/aromatic N) is 2. The standard InChI is InChI=1S/C12H18N4O2/c1-9-5-6-10(2)16(9)12(7-8-13-14-12)11(17)15(3)18-4/h5-8,13-14H,1-4H3. The molecule has 0 aromatic carbocycles. The molecular weight excluding hydrogens is 232 g/mol. The van der Waals surface area contributed by atoms with E-state index in [2.05, 4.69) is 10.9 Å². The van der Waals surface area contributed by atoms with Gasteiger partial charge in [-0.05, 0) is 32.1 Å². The van der Waals surface area contributed by atoms with Crippen LogP contribution in [0.4, 0.5) is 0 Å². The van der Waals surface area contributed by atoms with Gasteiger partial charge in [0.1, 0.15) is 0 Å². The summed E-state index contributed by atoms with van der Waals surface area (Å²) in [4.78, 5) is 17.5. The van der Waals surface area contributed by atoms with E-state index in [0.717, 1.165) is 11.4 Å². The van der Waals surface area contributed by atoms with Crippen LogP contribution < -0.4 is 10.9 Å². The number of likely N-dealkylation sites (N-methyl/N-ethyl adjacent to an activating group) is 1. The zero-order valence-corrected chi connectivity index (χ0v) is 11.0. The molecule has 0 aliphatic carbocycles. The number of hydrazine groups is 1. The maximum absolute atomic E-state index is 12.5. The van der Waals surface area contributed by atoms with Crippen molar-refractivity contribution >= 4 is 5.91 Å². The van der Waals surface area contributed by atoms with E-state index in [0.29, 0.717) is 0 Å². The first kappa shape index (κ1) is 12.7. The number of nitrogens with one attached hydrogen (secondary N) is 2. The number of aryl methyl sites for hydroxylation is 2. The summed E-state index contributed by atoms with van der Waals surface area (Å²) in [6.07, 6.45) is 3.49. The fourth-order valence-electron chi connectivity index (χ4n) is 2.25. The highest BCUT2D eigenvalue weighted by Gasteiger charge is 2.43. The summed E-state index contributed by atoms with van der Waals surface area (Å²) in [5.41, 5.74) is 6.86. The predicted molar refractivity (Wildman–Crippen MR) is 67.1 cm³/mol. The number of amides is 1. The third-order valence-corrected chi connectivity index (χ3v) is 3.18. The molecule has 1 aliphatic rings. The van der Waals surface area contributed by atoms with Crippen molar-refractivity contribution in [2.45, 2.75) is 19.5 Å². The minimum Gasteiger partial charge on any atom is -0.326 e. The first-order chi connectivity index (χ1) is 8.53. The molecule has 0 saturated heterocycles. The highest BCUT2D eigenvalue weighted by molar-refractivity contribution is 5.86. The molecule has 0 radical (unpaired) electrons. The number of carbonyl (C=O) groups is 1. The summed E-state index contributed by atoms with van der Waals surface area (Å²) in [5, 5.41) is 1.21. The van der Waals surface area contributed by atoms with Gasteiger partial charge in [-0.15, -0.1) is 0 Å². The van der Waals surface area contributed by atoms with Gasteiger partial charge in [0.2, 0.25) is 5.66 Å². The van der Waals surface area contributed by atoms with Crippen molar-refractivity contribution in [2.75, 3.05) is 14.2 Å². The van der Waals surface area contributed by atoms with Crippen LogP contribution in [0.15, 0.2) is 24.4 Å². The summed E-state index contributed by atoms with van der Waals surface area (Å²) < 4.78 is 1.93. The summed E-state index contributed by atoms with van der Waals surface area (Å²) in [7, 11) is 3.05. The lowest BCUT2D eigenvalue weighted by atomic mass is 10.1. The Kier molecular flexibility index (Phi) is 3.14. The van der Waals surface area contributed by atoms with Crippen LogP contribution >= 0.6 is 0 Å². The Balaban J connectivity index is 2.52. The van der Waals surface area contributed by atoms with Crippen molar-refractivity contribution in [1.29, 1.82) is 0 Å².